The van der Waals surface area contributed by atoms with E-state index < -0.39 is 5.97 Å². The Balaban J connectivity index is 2.18. The van der Waals surface area contributed by atoms with Gasteiger partial charge in [-0.1, -0.05) is 30.3 Å². The minimum Gasteiger partial charge on any atom is -0.483 e. The molecular weight excluding hydrogens is 318 g/mol. The van der Waals surface area contributed by atoms with E-state index in [0.717, 1.165) is 5.56 Å². The van der Waals surface area contributed by atoms with E-state index in [1.165, 1.54) is 4.90 Å². The quantitative estimate of drug-likeness (QED) is 0.722. The second kappa shape index (κ2) is 8.87. The molecule has 5 heteroatoms. The summed E-state index contributed by atoms with van der Waals surface area (Å²) < 4.78 is 10.7. The van der Waals surface area contributed by atoms with Gasteiger partial charge in [-0.05, 0) is 44.5 Å². The van der Waals surface area contributed by atoms with Gasteiger partial charge in [-0.25, -0.2) is 4.79 Å². The number of amides is 1. The number of nitrogens with zero attached hydrogens (tertiary/aromatic N) is 1. The Morgan fingerprint density at radius 1 is 1.00 bits per heavy atom. The number of rotatable bonds is 7. The molecule has 5 nitrogen and oxygen atoms in total. The third-order valence-electron chi connectivity index (χ3n) is 3.75. The van der Waals surface area contributed by atoms with E-state index in [1.807, 2.05) is 38.1 Å². The zero-order chi connectivity index (χ0) is 18.2. The number of carbonyl (C=O) groups is 2. The second-order valence-corrected chi connectivity index (χ2v) is 5.43. The van der Waals surface area contributed by atoms with E-state index >= 15 is 0 Å². The first-order valence-corrected chi connectivity index (χ1v) is 8.33. The normalized spacial score (nSPS) is 10.2. The predicted molar refractivity (Wildman–Crippen MR) is 97.1 cm³/mol. The second-order valence-electron chi connectivity index (χ2n) is 5.43. The first kappa shape index (κ1) is 18.5. The number of benzene rings is 2. The van der Waals surface area contributed by atoms with Crippen molar-refractivity contribution in [3.63, 3.8) is 0 Å². The highest BCUT2D eigenvalue weighted by Crippen LogP contribution is 2.22. The Hall–Kier alpha value is -2.82. The van der Waals surface area contributed by atoms with Crippen molar-refractivity contribution in [3.05, 3.63) is 59.7 Å². The Morgan fingerprint density at radius 3 is 2.36 bits per heavy atom. The van der Waals surface area contributed by atoms with Gasteiger partial charge < -0.3 is 14.4 Å². The molecule has 0 unspecified atom stereocenters. The van der Waals surface area contributed by atoms with E-state index in [2.05, 4.69) is 0 Å². The highest BCUT2D eigenvalue weighted by molar-refractivity contribution is 6.03. The zero-order valence-electron chi connectivity index (χ0n) is 14.8. The van der Waals surface area contributed by atoms with Crippen molar-refractivity contribution in [1.29, 1.82) is 0 Å². The molecule has 0 spiro atoms. The fourth-order valence-corrected chi connectivity index (χ4v) is 2.51. The van der Waals surface area contributed by atoms with Crippen LogP contribution in [0.1, 0.15) is 29.8 Å². The third kappa shape index (κ3) is 4.59. The summed E-state index contributed by atoms with van der Waals surface area (Å²) in [6, 6.07) is 14.5. The Bertz CT molecular complexity index is 742. The number of anilines is 1. The standard InChI is InChI=1S/C20H23NO4/c1-4-21(17-12-8-7-11-16(17)20(23)24-5-2)19(22)14-25-18-13-9-6-10-15(18)3/h6-13H,4-5,14H2,1-3H3. The first-order valence-electron chi connectivity index (χ1n) is 8.33. The Morgan fingerprint density at radius 2 is 1.68 bits per heavy atom. The van der Waals surface area contributed by atoms with Crippen LogP contribution in [0, 0.1) is 6.92 Å². The summed E-state index contributed by atoms with van der Waals surface area (Å²) in [6.45, 7) is 6.13. The van der Waals surface area contributed by atoms with Gasteiger partial charge >= 0.3 is 5.97 Å². The average molecular weight is 341 g/mol. The van der Waals surface area contributed by atoms with Gasteiger partial charge in [0.1, 0.15) is 5.75 Å². The number of likely N-dealkylation sites (N-methyl/N-ethyl adjacent to an activating group) is 1. The molecule has 0 saturated heterocycles. The molecule has 0 heterocycles. The lowest BCUT2D eigenvalue weighted by molar-refractivity contribution is -0.120. The molecule has 0 radical (unpaired) electrons. The largest absolute Gasteiger partial charge is 0.483 e. The number of hydrogen-bond donors (Lipinski definition) is 0. The third-order valence-corrected chi connectivity index (χ3v) is 3.75. The predicted octanol–water partition coefficient (Wildman–Crippen LogP) is 3.60. The van der Waals surface area contributed by atoms with Crippen LogP contribution in [0.15, 0.2) is 48.5 Å². The van der Waals surface area contributed by atoms with Crippen LogP contribution in [-0.4, -0.2) is 31.6 Å². The molecule has 25 heavy (non-hydrogen) atoms. The van der Waals surface area contributed by atoms with E-state index in [4.69, 9.17) is 9.47 Å². The summed E-state index contributed by atoms with van der Waals surface area (Å²) in [5, 5.41) is 0. The number of esters is 1. The topological polar surface area (TPSA) is 55.8 Å². The maximum absolute atomic E-state index is 12.6. The number of aryl methyl sites for hydroxylation is 1. The molecule has 0 aliphatic carbocycles. The minimum atomic E-state index is -0.441. The van der Waals surface area contributed by atoms with Crippen LogP contribution in [0.4, 0.5) is 5.69 Å². The van der Waals surface area contributed by atoms with Crippen molar-refractivity contribution < 1.29 is 19.1 Å². The van der Waals surface area contributed by atoms with Crippen molar-refractivity contribution in [2.24, 2.45) is 0 Å². The molecule has 1 amide bonds. The van der Waals surface area contributed by atoms with Gasteiger partial charge in [-0.2, -0.15) is 0 Å². The number of hydrogen-bond acceptors (Lipinski definition) is 4. The van der Waals surface area contributed by atoms with Gasteiger partial charge in [0.2, 0.25) is 0 Å². The van der Waals surface area contributed by atoms with Crippen LogP contribution in [0.2, 0.25) is 0 Å². The van der Waals surface area contributed by atoms with E-state index in [1.54, 1.807) is 31.2 Å². The summed E-state index contributed by atoms with van der Waals surface area (Å²) in [5.74, 6) is 0.0113. The van der Waals surface area contributed by atoms with E-state index in [0.29, 0.717) is 23.5 Å². The molecule has 0 bridgehead atoms. The van der Waals surface area contributed by atoms with Gasteiger partial charge in [0.15, 0.2) is 6.61 Å². The SMILES string of the molecule is CCOC(=O)c1ccccc1N(CC)C(=O)COc1ccccc1C. The summed E-state index contributed by atoms with van der Waals surface area (Å²) >= 11 is 0. The molecule has 2 aromatic rings. The molecule has 0 saturated carbocycles. The molecule has 0 aliphatic rings. The minimum absolute atomic E-state index is 0.101. The van der Waals surface area contributed by atoms with Gasteiger partial charge in [0, 0.05) is 6.54 Å². The van der Waals surface area contributed by atoms with Crippen molar-refractivity contribution in [2.45, 2.75) is 20.8 Å². The van der Waals surface area contributed by atoms with Gasteiger partial charge in [0.05, 0.1) is 17.9 Å². The van der Waals surface area contributed by atoms with Gasteiger partial charge in [-0.3, -0.25) is 4.79 Å². The summed E-state index contributed by atoms with van der Waals surface area (Å²) in [5.41, 5.74) is 1.86. The molecule has 2 aromatic carbocycles. The first-order chi connectivity index (χ1) is 12.1. The zero-order valence-corrected chi connectivity index (χ0v) is 14.8. The van der Waals surface area contributed by atoms with Crippen molar-refractivity contribution in [3.8, 4) is 5.75 Å². The fourth-order valence-electron chi connectivity index (χ4n) is 2.51. The van der Waals surface area contributed by atoms with Crippen molar-refractivity contribution in [1.82, 2.24) is 0 Å². The number of carbonyl (C=O) groups excluding carboxylic acids is 2. The number of ether oxygens (including phenoxy) is 2. The monoisotopic (exact) mass is 341 g/mol. The molecule has 0 aromatic heterocycles. The van der Waals surface area contributed by atoms with Crippen LogP contribution < -0.4 is 9.64 Å². The van der Waals surface area contributed by atoms with Crippen LogP contribution in [-0.2, 0) is 9.53 Å². The molecule has 0 fully saturated rings. The Kier molecular flexibility index (Phi) is 6.57. The summed E-state index contributed by atoms with van der Waals surface area (Å²) in [4.78, 5) is 26.3. The van der Waals surface area contributed by atoms with Crippen molar-refractivity contribution in [2.75, 3.05) is 24.7 Å². The molecule has 0 aliphatic heterocycles. The highest BCUT2D eigenvalue weighted by Gasteiger charge is 2.21. The maximum Gasteiger partial charge on any atom is 0.340 e. The van der Waals surface area contributed by atoms with Gasteiger partial charge in [-0.15, -0.1) is 0 Å². The van der Waals surface area contributed by atoms with E-state index in [9.17, 15) is 9.59 Å². The van der Waals surface area contributed by atoms with Gasteiger partial charge in [0.25, 0.3) is 5.91 Å². The van der Waals surface area contributed by atoms with Crippen LogP contribution in [0.25, 0.3) is 0 Å². The lowest BCUT2D eigenvalue weighted by atomic mass is 10.1. The molecule has 132 valence electrons. The molecule has 0 N–H and O–H groups in total. The number of para-hydroxylation sites is 2. The summed E-state index contributed by atoms with van der Waals surface area (Å²) in [6.07, 6.45) is 0. The van der Waals surface area contributed by atoms with Crippen LogP contribution in [0.3, 0.4) is 0 Å². The highest BCUT2D eigenvalue weighted by atomic mass is 16.5. The molecule has 0 atom stereocenters. The lowest BCUT2D eigenvalue weighted by Gasteiger charge is -2.23. The molecule has 2 rings (SSSR count). The van der Waals surface area contributed by atoms with E-state index in [-0.39, 0.29) is 19.1 Å². The maximum atomic E-state index is 12.6. The smallest absolute Gasteiger partial charge is 0.340 e. The Labute approximate surface area is 148 Å². The lowest BCUT2D eigenvalue weighted by Crippen LogP contribution is -2.36. The molecular formula is C20H23NO4. The van der Waals surface area contributed by atoms with Crippen LogP contribution in [0.5, 0.6) is 5.75 Å². The average Bonchev–Trinajstić information content (AvgIpc) is 2.62. The summed E-state index contributed by atoms with van der Waals surface area (Å²) in [7, 11) is 0. The van der Waals surface area contributed by atoms with Crippen molar-refractivity contribution >= 4 is 17.6 Å². The fraction of sp³-hybridized carbons (Fsp3) is 0.300. The van der Waals surface area contributed by atoms with Crippen LogP contribution >= 0.6 is 0 Å².